The van der Waals surface area contributed by atoms with Crippen LogP contribution in [0.3, 0.4) is 0 Å². The summed E-state index contributed by atoms with van der Waals surface area (Å²) in [6, 6.07) is 8.39. The van der Waals surface area contributed by atoms with Crippen LogP contribution in [0.2, 0.25) is 10.0 Å². The maximum absolute atomic E-state index is 10.1. The lowest BCUT2D eigenvalue weighted by molar-refractivity contribution is 0.0924. The number of nitrogens with one attached hydrogen (secondary N) is 2. The van der Waals surface area contributed by atoms with Gasteiger partial charge in [-0.2, -0.15) is 0 Å². The molecule has 0 saturated heterocycles. The summed E-state index contributed by atoms with van der Waals surface area (Å²) in [6.45, 7) is 4.54. The minimum atomic E-state index is -0.758. The Hall–Kier alpha value is -1.55. The van der Waals surface area contributed by atoms with Crippen molar-refractivity contribution in [2.75, 3.05) is 25.2 Å². The average Bonchev–Trinajstić information content (AvgIpc) is 2.65. The number of hydrazine groups is 1. The van der Waals surface area contributed by atoms with Gasteiger partial charge in [0.05, 0.1) is 10.0 Å². The van der Waals surface area contributed by atoms with Crippen molar-refractivity contribution in [3.05, 3.63) is 40.4 Å². The highest BCUT2D eigenvalue weighted by molar-refractivity contribution is 6.37. The zero-order chi connectivity index (χ0) is 19.9. The van der Waals surface area contributed by atoms with Gasteiger partial charge in [-0.15, -0.1) is 22.6 Å². The number of β-amino-alcohol motifs (C(OH)–C–C–N with tert-alkyl or cyclic N) is 1. The topological polar surface area (TPSA) is 115 Å². The Bertz CT molecular complexity index is 714. The smallest absolute Gasteiger partial charge is 0.233 e. The number of nitrogen functional groups attached to an aromatic ring is 1. The highest BCUT2D eigenvalue weighted by atomic mass is 35.5. The number of hydrogen-bond donors (Lipinski definition) is 4. The predicted octanol–water partition coefficient (Wildman–Crippen LogP) is 2.68. The van der Waals surface area contributed by atoms with Crippen molar-refractivity contribution in [1.29, 1.82) is 0 Å². The number of ether oxygens (including phenoxy) is 2. The number of aliphatic hydroxyl groups excluding tert-OH is 1. The van der Waals surface area contributed by atoms with Crippen molar-refractivity contribution in [3.63, 3.8) is 0 Å². The fourth-order valence-electron chi connectivity index (χ4n) is 2.03. The van der Waals surface area contributed by atoms with Gasteiger partial charge in [-0.3, -0.25) is 0 Å². The molecule has 28 heavy (non-hydrogen) atoms. The number of nitrogens with two attached hydrogens (primary N) is 1. The van der Waals surface area contributed by atoms with Crippen molar-refractivity contribution in [2.24, 2.45) is 5.84 Å². The van der Waals surface area contributed by atoms with E-state index in [4.69, 9.17) is 38.5 Å². The summed E-state index contributed by atoms with van der Waals surface area (Å²) in [5.41, 5.74) is 1.97. The number of rotatable bonds is 10. The van der Waals surface area contributed by atoms with E-state index in [9.17, 15) is 5.11 Å². The summed E-state index contributed by atoms with van der Waals surface area (Å²) in [5.74, 6) is 6.42. The molecule has 0 spiro atoms. The molecule has 5 N–H and O–H groups in total. The van der Waals surface area contributed by atoms with E-state index in [0.29, 0.717) is 40.6 Å². The first-order chi connectivity index (χ1) is 12.8. The lowest BCUT2D eigenvalue weighted by atomic mass is 10.1. The van der Waals surface area contributed by atoms with E-state index in [1.165, 1.54) is 0 Å². The highest BCUT2D eigenvalue weighted by Crippen LogP contribution is 2.32. The van der Waals surface area contributed by atoms with Gasteiger partial charge in [-0.05, 0) is 32.0 Å². The van der Waals surface area contributed by atoms with Gasteiger partial charge >= 0.3 is 0 Å². The molecule has 0 aliphatic heterocycles. The molecular formula is C17H24Cl3N5O3. The molecule has 1 heterocycles. The Balaban J connectivity index is 0.00000392. The minimum Gasteiger partial charge on any atom is -0.488 e. The molecule has 1 unspecified atom stereocenters. The normalized spacial score (nSPS) is 12.1. The number of anilines is 1. The quantitative estimate of drug-likeness (QED) is 0.321. The van der Waals surface area contributed by atoms with Gasteiger partial charge in [-0.1, -0.05) is 29.3 Å². The molecule has 11 heteroatoms. The number of halogens is 3. The number of aromatic nitrogens is 2. The van der Waals surface area contributed by atoms with Gasteiger partial charge in [0.1, 0.15) is 19.3 Å². The summed E-state index contributed by atoms with van der Waals surface area (Å²) >= 11 is 12.1. The van der Waals surface area contributed by atoms with Crippen molar-refractivity contribution in [1.82, 2.24) is 15.5 Å². The second-order valence-corrected chi connectivity index (χ2v) is 7.28. The summed E-state index contributed by atoms with van der Waals surface area (Å²) in [6.07, 6.45) is -0.758. The van der Waals surface area contributed by atoms with Crippen LogP contribution in [0.15, 0.2) is 30.3 Å². The van der Waals surface area contributed by atoms with Crippen molar-refractivity contribution in [3.8, 4) is 11.6 Å². The summed E-state index contributed by atoms with van der Waals surface area (Å²) in [4.78, 5) is 0. The Kier molecular flexibility index (Phi) is 10.0. The van der Waals surface area contributed by atoms with Crippen LogP contribution in [0, 0.1) is 0 Å². The Morgan fingerprint density at radius 1 is 1.14 bits per heavy atom. The second kappa shape index (κ2) is 11.5. The zero-order valence-corrected chi connectivity index (χ0v) is 17.8. The first kappa shape index (κ1) is 24.5. The van der Waals surface area contributed by atoms with Crippen molar-refractivity contribution >= 4 is 41.4 Å². The zero-order valence-electron chi connectivity index (χ0n) is 15.5. The molecule has 0 fully saturated rings. The number of para-hydroxylation sites is 1. The Morgan fingerprint density at radius 2 is 1.82 bits per heavy atom. The van der Waals surface area contributed by atoms with Crippen LogP contribution in [-0.2, 0) is 0 Å². The molecule has 0 amide bonds. The van der Waals surface area contributed by atoms with Crippen molar-refractivity contribution < 1.29 is 14.6 Å². The molecule has 156 valence electrons. The van der Waals surface area contributed by atoms with Gasteiger partial charge in [-0.25, -0.2) is 5.84 Å². The van der Waals surface area contributed by atoms with Gasteiger partial charge in [0.2, 0.25) is 5.88 Å². The Morgan fingerprint density at radius 3 is 2.39 bits per heavy atom. The second-order valence-electron chi connectivity index (χ2n) is 6.47. The van der Waals surface area contributed by atoms with Crippen LogP contribution < -0.4 is 26.1 Å². The molecule has 0 bridgehead atoms. The van der Waals surface area contributed by atoms with Gasteiger partial charge < -0.3 is 25.3 Å². The third kappa shape index (κ3) is 7.83. The molecule has 2 rings (SSSR count). The standard InChI is InChI=1S/C17H23Cl2N5O3.ClH/c1-17(2,10-27-15-7-6-14(22-20)23-24-15)21-8-11(25)9-26-16-12(18)4-3-5-13(16)19;/h3-7,11,21,25H,8-10,20H2,1-2H3,(H,22,23);1H. The van der Waals surface area contributed by atoms with E-state index in [1.54, 1.807) is 30.3 Å². The SMILES string of the molecule is CC(C)(COc1ccc(NN)nn1)NCC(O)COc1c(Cl)cccc1Cl.Cl. The first-order valence-corrected chi connectivity index (χ1v) is 8.99. The molecular weight excluding hydrogens is 429 g/mol. The van der Waals surface area contributed by atoms with Gasteiger partial charge in [0.25, 0.3) is 0 Å². The third-order valence-electron chi connectivity index (χ3n) is 3.52. The highest BCUT2D eigenvalue weighted by Gasteiger charge is 2.20. The van der Waals surface area contributed by atoms with E-state index in [1.807, 2.05) is 13.8 Å². The van der Waals surface area contributed by atoms with Crippen LogP contribution in [0.1, 0.15) is 13.8 Å². The van der Waals surface area contributed by atoms with E-state index in [0.717, 1.165) is 0 Å². The Labute approximate surface area is 180 Å². The molecule has 0 radical (unpaired) electrons. The van der Waals surface area contributed by atoms with E-state index in [-0.39, 0.29) is 19.0 Å². The van der Waals surface area contributed by atoms with Crippen molar-refractivity contribution in [2.45, 2.75) is 25.5 Å². The molecule has 1 atom stereocenters. The van der Waals surface area contributed by atoms with Crippen LogP contribution in [-0.4, -0.2) is 46.7 Å². The molecule has 2 aromatic rings. The van der Waals surface area contributed by atoms with E-state index < -0.39 is 11.6 Å². The number of aliphatic hydroxyl groups is 1. The lowest BCUT2D eigenvalue weighted by Crippen LogP contribution is -2.48. The summed E-state index contributed by atoms with van der Waals surface area (Å²) in [7, 11) is 0. The van der Waals surface area contributed by atoms with Crippen LogP contribution in [0.5, 0.6) is 11.6 Å². The largest absolute Gasteiger partial charge is 0.488 e. The molecule has 1 aromatic carbocycles. The third-order valence-corrected chi connectivity index (χ3v) is 4.12. The molecule has 1 aromatic heterocycles. The van der Waals surface area contributed by atoms with E-state index in [2.05, 4.69) is 20.9 Å². The maximum Gasteiger partial charge on any atom is 0.233 e. The molecule has 0 saturated carbocycles. The summed E-state index contributed by atoms with van der Waals surface area (Å²) in [5, 5.41) is 21.9. The fraction of sp³-hybridized carbons (Fsp3) is 0.412. The predicted molar refractivity (Wildman–Crippen MR) is 113 cm³/mol. The minimum absolute atomic E-state index is 0. The fourth-order valence-corrected chi connectivity index (χ4v) is 2.54. The lowest BCUT2D eigenvalue weighted by Gasteiger charge is -2.27. The maximum atomic E-state index is 10.1. The molecule has 0 aliphatic carbocycles. The first-order valence-electron chi connectivity index (χ1n) is 8.24. The number of hydrogen-bond acceptors (Lipinski definition) is 8. The van der Waals surface area contributed by atoms with Gasteiger partial charge in [0, 0.05) is 18.2 Å². The number of benzene rings is 1. The molecule has 0 aliphatic rings. The number of nitrogens with zero attached hydrogens (tertiary/aromatic N) is 2. The van der Waals surface area contributed by atoms with Crippen LogP contribution in [0.4, 0.5) is 5.82 Å². The van der Waals surface area contributed by atoms with Crippen LogP contribution in [0.25, 0.3) is 0 Å². The van der Waals surface area contributed by atoms with Crippen LogP contribution >= 0.6 is 35.6 Å². The average molecular weight is 453 g/mol. The van der Waals surface area contributed by atoms with Gasteiger partial charge in [0.15, 0.2) is 11.6 Å². The molecule has 8 nitrogen and oxygen atoms in total. The monoisotopic (exact) mass is 451 g/mol. The van der Waals surface area contributed by atoms with E-state index >= 15 is 0 Å². The summed E-state index contributed by atoms with van der Waals surface area (Å²) < 4.78 is 11.1.